The molecule has 1 amide bonds. The van der Waals surface area contributed by atoms with Crippen molar-refractivity contribution in [1.82, 2.24) is 10.2 Å². The minimum atomic E-state index is 0. The fourth-order valence-corrected chi connectivity index (χ4v) is 4.16. The van der Waals surface area contributed by atoms with Gasteiger partial charge < -0.3 is 10.2 Å². The highest BCUT2D eigenvalue weighted by atomic mass is 35.5. The topological polar surface area (TPSA) is 32.3 Å². The zero-order valence-corrected chi connectivity index (χ0v) is 16.9. The van der Waals surface area contributed by atoms with E-state index in [2.05, 4.69) is 48.3 Å². The molecule has 1 heterocycles. The Morgan fingerprint density at radius 1 is 1.12 bits per heavy atom. The van der Waals surface area contributed by atoms with Crippen molar-refractivity contribution in [2.45, 2.75) is 63.8 Å². The van der Waals surface area contributed by atoms with E-state index in [1.54, 1.807) is 0 Å². The van der Waals surface area contributed by atoms with Crippen molar-refractivity contribution in [2.75, 3.05) is 19.6 Å². The van der Waals surface area contributed by atoms with Gasteiger partial charge in [-0.3, -0.25) is 4.79 Å². The molecule has 3 nitrogen and oxygen atoms in total. The molecule has 3 aliphatic rings. The number of carbonyl (C=O) groups is 1. The average molecular weight is 377 g/mol. The molecule has 4 rings (SSSR count). The Bertz CT molecular complexity index is 603. The van der Waals surface area contributed by atoms with Crippen molar-refractivity contribution in [3.05, 3.63) is 35.4 Å². The first kappa shape index (κ1) is 19.7. The SMILES string of the molecule is CC(C)c1ccc(C2CC2C(=O)N2CCC(NCC3CC3)CC2)cc1.Cl. The minimum Gasteiger partial charge on any atom is -0.342 e. The van der Waals surface area contributed by atoms with Crippen molar-refractivity contribution >= 4 is 18.3 Å². The third kappa shape index (κ3) is 4.61. The van der Waals surface area contributed by atoms with E-state index in [-0.39, 0.29) is 18.3 Å². The number of nitrogens with one attached hydrogen (secondary N) is 1. The first-order valence-electron chi connectivity index (χ1n) is 10.2. The molecule has 2 atom stereocenters. The van der Waals surface area contributed by atoms with Crippen LogP contribution < -0.4 is 5.32 Å². The lowest BCUT2D eigenvalue weighted by Crippen LogP contribution is -2.46. The van der Waals surface area contributed by atoms with Crippen LogP contribution in [0.15, 0.2) is 24.3 Å². The molecular weight excluding hydrogens is 344 g/mol. The lowest BCUT2D eigenvalue weighted by atomic mass is 9.99. The summed E-state index contributed by atoms with van der Waals surface area (Å²) in [6.07, 6.45) is 6.11. The summed E-state index contributed by atoms with van der Waals surface area (Å²) >= 11 is 0. The standard InChI is InChI=1S/C22H32N2O.ClH/c1-15(2)17-5-7-18(8-6-17)20-13-21(20)22(25)24-11-9-19(10-12-24)23-14-16-3-4-16;/h5-8,15-16,19-21,23H,3-4,9-14H2,1-2H3;1H. The van der Waals surface area contributed by atoms with Gasteiger partial charge in [0.25, 0.3) is 0 Å². The molecular formula is C22H33ClN2O. The van der Waals surface area contributed by atoms with Gasteiger partial charge in [0.1, 0.15) is 0 Å². The summed E-state index contributed by atoms with van der Waals surface area (Å²) in [5.74, 6) is 2.60. The molecule has 0 spiro atoms. The third-order valence-corrected chi connectivity index (χ3v) is 6.34. The molecule has 1 saturated heterocycles. The summed E-state index contributed by atoms with van der Waals surface area (Å²) in [5.41, 5.74) is 2.73. The van der Waals surface area contributed by atoms with Crippen molar-refractivity contribution in [3.8, 4) is 0 Å². The summed E-state index contributed by atoms with van der Waals surface area (Å²) in [7, 11) is 0. The van der Waals surface area contributed by atoms with Crippen LogP contribution in [0.3, 0.4) is 0 Å². The highest BCUT2D eigenvalue weighted by molar-refractivity contribution is 5.85. The van der Waals surface area contributed by atoms with Crippen LogP contribution in [0.25, 0.3) is 0 Å². The monoisotopic (exact) mass is 376 g/mol. The molecule has 0 aromatic heterocycles. The van der Waals surface area contributed by atoms with E-state index in [4.69, 9.17) is 0 Å². The maximum absolute atomic E-state index is 12.8. The summed E-state index contributed by atoms with van der Waals surface area (Å²) in [4.78, 5) is 14.9. The summed E-state index contributed by atoms with van der Waals surface area (Å²) < 4.78 is 0. The zero-order valence-electron chi connectivity index (χ0n) is 16.1. The highest BCUT2D eigenvalue weighted by Crippen LogP contribution is 2.48. The number of amides is 1. The summed E-state index contributed by atoms with van der Waals surface area (Å²) in [6.45, 7) is 7.52. The van der Waals surface area contributed by atoms with Crippen LogP contribution in [-0.4, -0.2) is 36.5 Å². The van der Waals surface area contributed by atoms with Gasteiger partial charge in [-0.15, -0.1) is 12.4 Å². The number of carbonyl (C=O) groups excluding carboxylic acids is 1. The lowest BCUT2D eigenvalue weighted by Gasteiger charge is -2.33. The van der Waals surface area contributed by atoms with Gasteiger partial charge in [0.05, 0.1) is 0 Å². The molecule has 2 saturated carbocycles. The molecule has 0 radical (unpaired) electrons. The second-order valence-corrected chi connectivity index (χ2v) is 8.72. The van der Waals surface area contributed by atoms with Gasteiger partial charge in [-0.25, -0.2) is 0 Å². The molecule has 1 aliphatic heterocycles. The average Bonchev–Trinajstić information content (AvgIpc) is 3.54. The molecule has 0 bridgehead atoms. The Balaban J connectivity index is 0.00000196. The predicted molar refractivity (Wildman–Crippen MR) is 109 cm³/mol. The molecule has 2 unspecified atom stereocenters. The number of halogens is 1. The number of benzene rings is 1. The maximum atomic E-state index is 12.8. The number of nitrogens with zero attached hydrogens (tertiary/aromatic N) is 1. The largest absolute Gasteiger partial charge is 0.342 e. The van der Waals surface area contributed by atoms with E-state index in [0.29, 0.717) is 23.8 Å². The van der Waals surface area contributed by atoms with E-state index in [0.717, 1.165) is 38.3 Å². The number of rotatable bonds is 6. The van der Waals surface area contributed by atoms with E-state index in [1.807, 2.05) is 0 Å². The molecule has 1 aromatic rings. The minimum absolute atomic E-state index is 0. The van der Waals surface area contributed by atoms with Crippen LogP contribution in [0.4, 0.5) is 0 Å². The van der Waals surface area contributed by atoms with Crippen LogP contribution in [0.1, 0.15) is 68.9 Å². The number of likely N-dealkylation sites (tertiary alicyclic amines) is 1. The van der Waals surface area contributed by atoms with E-state index in [1.165, 1.54) is 30.5 Å². The van der Waals surface area contributed by atoms with Gasteiger partial charge in [0.15, 0.2) is 0 Å². The molecule has 26 heavy (non-hydrogen) atoms. The van der Waals surface area contributed by atoms with Crippen LogP contribution >= 0.6 is 12.4 Å². The van der Waals surface area contributed by atoms with E-state index in [9.17, 15) is 4.79 Å². The number of hydrogen-bond acceptors (Lipinski definition) is 2. The summed E-state index contributed by atoms with van der Waals surface area (Å²) in [6, 6.07) is 9.57. The van der Waals surface area contributed by atoms with Crippen molar-refractivity contribution < 1.29 is 4.79 Å². The van der Waals surface area contributed by atoms with Crippen LogP contribution in [0.5, 0.6) is 0 Å². The van der Waals surface area contributed by atoms with Gasteiger partial charge >= 0.3 is 0 Å². The Morgan fingerprint density at radius 2 is 1.77 bits per heavy atom. The molecule has 1 aromatic carbocycles. The predicted octanol–water partition coefficient (Wildman–Crippen LogP) is 4.33. The van der Waals surface area contributed by atoms with E-state index >= 15 is 0 Å². The number of piperidine rings is 1. The first-order valence-corrected chi connectivity index (χ1v) is 10.2. The van der Waals surface area contributed by atoms with Crippen LogP contribution in [-0.2, 0) is 4.79 Å². The molecule has 144 valence electrons. The van der Waals surface area contributed by atoms with Crippen molar-refractivity contribution in [3.63, 3.8) is 0 Å². The smallest absolute Gasteiger partial charge is 0.226 e. The first-order chi connectivity index (χ1) is 12.1. The Labute approximate surface area is 164 Å². The van der Waals surface area contributed by atoms with E-state index < -0.39 is 0 Å². The molecule has 1 N–H and O–H groups in total. The normalized spacial score (nSPS) is 25.9. The Kier molecular flexibility index (Phi) is 6.29. The fourth-order valence-electron chi connectivity index (χ4n) is 4.16. The second kappa shape index (κ2) is 8.31. The summed E-state index contributed by atoms with van der Waals surface area (Å²) in [5, 5.41) is 3.70. The maximum Gasteiger partial charge on any atom is 0.226 e. The molecule has 4 heteroatoms. The van der Waals surface area contributed by atoms with Crippen LogP contribution in [0, 0.1) is 11.8 Å². The molecule has 3 fully saturated rings. The zero-order chi connectivity index (χ0) is 17.4. The Hall–Kier alpha value is -1.06. The van der Waals surface area contributed by atoms with Gasteiger partial charge in [-0.2, -0.15) is 0 Å². The fraction of sp³-hybridized carbons (Fsp3) is 0.682. The Morgan fingerprint density at radius 3 is 2.35 bits per heavy atom. The van der Waals surface area contributed by atoms with Crippen molar-refractivity contribution in [2.24, 2.45) is 11.8 Å². The molecule has 2 aliphatic carbocycles. The second-order valence-electron chi connectivity index (χ2n) is 8.72. The lowest BCUT2D eigenvalue weighted by molar-refractivity contribution is -0.133. The van der Waals surface area contributed by atoms with Gasteiger partial charge in [-0.1, -0.05) is 38.1 Å². The quantitative estimate of drug-likeness (QED) is 0.801. The third-order valence-electron chi connectivity index (χ3n) is 6.34. The van der Waals surface area contributed by atoms with Gasteiger partial charge in [0, 0.05) is 25.0 Å². The van der Waals surface area contributed by atoms with Gasteiger partial charge in [-0.05, 0) is 67.5 Å². The van der Waals surface area contributed by atoms with Crippen molar-refractivity contribution in [1.29, 1.82) is 0 Å². The number of hydrogen-bond donors (Lipinski definition) is 1. The van der Waals surface area contributed by atoms with Crippen LogP contribution in [0.2, 0.25) is 0 Å². The van der Waals surface area contributed by atoms with Gasteiger partial charge in [0.2, 0.25) is 5.91 Å². The highest BCUT2D eigenvalue weighted by Gasteiger charge is 2.46.